The van der Waals surface area contributed by atoms with E-state index in [0.717, 1.165) is 31.7 Å². The van der Waals surface area contributed by atoms with Gasteiger partial charge in [-0.1, -0.05) is 46.2 Å². The molecule has 0 spiro atoms. The molecule has 0 saturated heterocycles. The van der Waals surface area contributed by atoms with Gasteiger partial charge >= 0.3 is 0 Å². The molecule has 2 nitrogen and oxygen atoms in total. The Bertz CT molecular complexity index is 332. The van der Waals surface area contributed by atoms with Crippen LogP contribution in [0, 0.1) is 5.92 Å². The Kier molecular flexibility index (Phi) is 7.57. The van der Waals surface area contributed by atoms with Crippen LogP contribution in [0.15, 0.2) is 24.3 Å². The average Bonchev–Trinajstić information content (AvgIpc) is 2.40. The number of hydrogen-bond acceptors (Lipinski definition) is 2. The van der Waals surface area contributed by atoms with E-state index >= 15 is 0 Å². The summed E-state index contributed by atoms with van der Waals surface area (Å²) in [6, 6.07) is 8.55. The molecule has 19 heavy (non-hydrogen) atoms. The maximum Gasteiger partial charge on any atom is 0.119 e. The second kappa shape index (κ2) is 8.98. The lowest BCUT2D eigenvalue weighted by Crippen LogP contribution is -2.35. The second-order valence-corrected chi connectivity index (χ2v) is 5.50. The van der Waals surface area contributed by atoms with Crippen LogP contribution < -0.4 is 10.1 Å². The minimum Gasteiger partial charge on any atom is -0.489 e. The van der Waals surface area contributed by atoms with Gasteiger partial charge in [-0.3, -0.25) is 0 Å². The van der Waals surface area contributed by atoms with Crippen molar-refractivity contribution in [2.75, 3.05) is 13.1 Å². The number of rotatable bonds is 9. The van der Waals surface area contributed by atoms with E-state index in [2.05, 4.69) is 57.3 Å². The van der Waals surface area contributed by atoms with Gasteiger partial charge in [-0.25, -0.2) is 0 Å². The highest BCUT2D eigenvalue weighted by Crippen LogP contribution is 2.17. The summed E-state index contributed by atoms with van der Waals surface area (Å²) in [7, 11) is 0. The first-order chi connectivity index (χ1) is 9.17. The molecule has 0 amide bonds. The molecule has 0 aliphatic carbocycles. The first-order valence-corrected chi connectivity index (χ1v) is 7.63. The molecular formula is C17H29NO. The van der Waals surface area contributed by atoms with Gasteiger partial charge in [0.05, 0.1) is 0 Å². The molecule has 108 valence electrons. The largest absolute Gasteiger partial charge is 0.489 e. The topological polar surface area (TPSA) is 21.3 Å². The molecule has 1 unspecified atom stereocenters. The molecule has 0 saturated carbocycles. The monoisotopic (exact) mass is 263 g/mol. The fourth-order valence-electron chi connectivity index (χ4n) is 2.03. The van der Waals surface area contributed by atoms with Gasteiger partial charge < -0.3 is 10.1 Å². The van der Waals surface area contributed by atoms with E-state index in [1.165, 1.54) is 12.0 Å². The molecule has 0 fully saturated rings. The molecule has 1 aromatic rings. The Morgan fingerprint density at radius 3 is 2.26 bits per heavy atom. The van der Waals surface area contributed by atoms with Gasteiger partial charge in [-0.2, -0.15) is 0 Å². The maximum absolute atomic E-state index is 6.09. The van der Waals surface area contributed by atoms with Crippen LogP contribution in [0.4, 0.5) is 0 Å². The van der Waals surface area contributed by atoms with E-state index in [0.29, 0.717) is 5.92 Å². The van der Waals surface area contributed by atoms with E-state index in [9.17, 15) is 0 Å². The highest BCUT2D eigenvalue weighted by atomic mass is 16.5. The highest BCUT2D eigenvalue weighted by molar-refractivity contribution is 5.27. The zero-order valence-corrected chi connectivity index (χ0v) is 12.9. The molecule has 1 atom stereocenters. The van der Waals surface area contributed by atoms with Crippen molar-refractivity contribution in [1.82, 2.24) is 5.32 Å². The van der Waals surface area contributed by atoms with E-state index < -0.39 is 0 Å². The van der Waals surface area contributed by atoms with Crippen LogP contribution in [0.25, 0.3) is 0 Å². The molecular weight excluding hydrogens is 234 g/mol. The van der Waals surface area contributed by atoms with Crippen LogP contribution in [0.1, 0.15) is 46.1 Å². The fourth-order valence-corrected chi connectivity index (χ4v) is 2.03. The molecule has 1 N–H and O–H groups in total. The summed E-state index contributed by atoms with van der Waals surface area (Å²) in [5.74, 6) is 1.50. The molecule has 0 radical (unpaired) electrons. The van der Waals surface area contributed by atoms with E-state index in [-0.39, 0.29) is 6.10 Å². The van der Waals surface area contributed by atoms with Crippen molar-refractivity contribution in [2.45, 2.75) is 53.1 Å². The van der Waals surface area contributed by atoms with Crippen molar-refractivity contribution < 1.29 is 4.74 Å². The lowest BCUT2D eigenvalue weighted by atomic mass is 10.1. The predicted molar refractivity (Wildman–Crippen MR) is 82.9 cm³/mol. The Balaban J connectivity index is 2.52. The molecule has 0 aliphatic rings. The van der Waals surface area contributed by atoms with Gasteiger partial charge in [0.2, 0.25) is 0 Å². The molecule has 2 heteroatoms. The number of benzene rings is 1. The Hall–Kier alpha value is -1.02. The minimum atomic E-state index is 0.239. The lowest BCUT2D eigenvalue weighted by Gasteiger charge is -2.23. The van der Waals surface area contributed by atoms with E-state index in [4.69, 9.17) is 4.74 Å². The SMILES string of the molecule is CCCNCC(Oc1ccc(CCC)cc1)C(C)C. The zero-order valence-electron chi connectivity index (χ0n) is 12.9. The van der Waals surface area contributed by atoms with E-state index in [1.54, 1.807) is 0 Å². The Morgan fingerprint density at radius 2 is 1.74 bits per heavy atom. The van der Waals surface area contributed by atoms with Crippen LogP contribution in [-0.2, 0) is 6.42 Å². The van der Waals surface area contributed by atoms with Crippen molar-refractivity contribution in [1.29, 1.82) is 0 Å². The molecule has 0 aromatic heterocycles. The van der Waals surface area contributed by atoms with Crippen LogP contribution >= 0.6 is 0 Å². The summed E-state index contributed by atoms with van der Waals surface area (Å²) >= 11 is 0. The fraction of sp³-hybridized carbons (Fsp3) is 0.647. The minimum absolute atomic E-state index is 0.239. The first kappa shape index (κ1) is 16.0. The third kappa shape index (κ3) is 6.11. The summed E-state index contributed by atoms with van der Waals surface area (Å²) in [4.78, 5) is 0. The summed E-state index contributed by atoms with van der Waals surface area (Å²) in [6.07, 6.45) is 3.74. The van der Waals surface area contributed by atoms with Crippen molar-refractivity contribution in [2.24, 2.45) is 5.92 Å². The van der Waals surface area contributed by atoms with Crippen LogP contribution in [0.5, 0.6) is 5.75 Å². The maximum atomic E-state index is 6.09. The normalized spacial score (nSPS) is 12.7. The number of aryl methyl sites for hydroxylation is 1. The van der Waals surface area contributed by atoms with Crippen LogP contribution in [0.2, 0.25) is 0 Å². The van der Waals surface area contributed by atoms with Crippen LogP contribution in [0.3, 0.4) is 0 Å². The molecule has 0 bridgehead atoms. The summed E-state index contributed by atoms with van der Waals surface area (Å²) in [5.41, 5.74) is 1.39. The number of hydrogen-bond donors (Lipinski definition) is 1. The summed E-state index contributed by atoms with van der Waals surface area (Å²) in [6.45, 7) is 10.8. The third-order valence-corrected chi connectivity index (χ3v) is 3.27. The van der Waals surface area contributed by atoms with Crippen molar-refractivity contribution in [3.8, 4) is 5.75 Å². The first-order valence-electron chi connectivity index (χ1n) is 7.63. The number of ether oxygens (including phenoxy) is 1. The summed E-state index contributed by atoms with van der Waals surface area (Å²) < 4.78 is 6.09. The van der Waals surface area contributed by atoms with Gasteiger partial charge in [-0.15, -0.1) is 0 Å². The Labute approximate surface area is 118 Å². The molecule has 0 aliphatic heterocycles. The standard InChI is InChI=1S/C17H29NO/c1-5-7-15-8-10-16(11-9-15)19-17(14(3)4)13-18-12-6-2/h8-11,14,17-18H,5-7,12-13H2,1-4H3. The lowest BCUT2D eigenvalue weighted by molar-refractivity contribution is 0.149. The molecule has 1 rings (SSSR count). The quantitative estimate of drug-likeness (QED) is 0.679. The van der Waals surface area contributed by atoms with Gasteiger partial charge in [0.25, 0.3) is 0 Å². The average molecular weight is 263 g/mol. The zero-order chi connectivity index (χ0) is 14.1. The van der Waals surface area contributed by atoms with Crippen LogP contribution in [-0.4, -0.2) is 19.2 Å². The van der Waals surface area contributed by atoms with Gasteiger partial charge in [0.15, 0.2) is 0 Å². The highest BCUT2D eigenvalue weighted by Gasteiger charge is 2.14. The van der Waals surface area contributed by atoms with E-state index in [1.807, 2.05) is 0 Å². The summed E-state index contributed by atoms with van der Waals surface area (Å²) in [5, 5.41) is 3.44. The van der Waals surface area contributed by atoms with Gasteiger partial charge in [0, 0.05) is 6.54 Å². The molecule has 0 heterocycles. The second-order valence-electron chi connectivity index (χ2n) is 5.50. The van der Waals surface area contributed by atoms with Crippen molar-refractivity contribution >= 4 is 0 Å². The molecule has 1 aromatic carbocycles. The smallest absolute Gasteiger partial charge is 0.119 e. The van der Waals surface area contributed by atoms with Crippen molar-refractivity contribution in [3.63, 3.8) is 0 Å². The van der Waals surface area contributed by atoms with Gasteiger partial charge in [-0.05, 0) is 43.0 Å². The Morgan fingerprint density at radius 1 is 1.05 bits per heavy atom. The van der Waals surface area contributed by atoms with Gasteiger partial charge in [0.1, 0.15) is 11.9 Å². The van der Waals surface area contributed by atoms with Crippen molar-refractivity contribution in [3.05, 3.63) is 29.8 Å². The third-order valence-electron chi connectivity index (χ3n) is 3.27. The predicted octanol–water partition coefficient (Wildman–Crippen LogP) is 4.04. The number of nitrogens with one attached hydrogen (secondary N) is 1.